The Morgan fingerprint density at radius 1 is 1.12 bits per heavy atom. The Kier molecular flexibility index (Phi) is 5.17. The van der Waals surface area contributed by atoms with Gasteiger partial charge in [-0.05, 0) is 25.5 Å². The Balaban J connectivity index is 1.35. The number of hydrogen-bond donors (Lipinski definition) is 1. The summed E-state index contributed by atoms with van der Waals surface area (Å²) >= 11 is 0. The number of aromatic nitrogens is 5. The van der Waals surface area contributed by atoms with Crippen LogP contribution in [0.3, 0.4) is 0 Å². The summed E-state index contributed by atoms with van der Waals surface area (Å²) in [6.07, 6.45) is 0. The fourth-order valence-electron chi connectivity index (χ4n) is 3.78. The quantitative estimate of drug-likeness (QED) is 0.504. The first kappa shape index (κ1) is 20.6. The molecule has 0 radical (unpaired) electrons. The first-order chi connectivity index (χ1) is 16.0. The van der Waals surface area contributed by atoms with Gasteiger partial charge in [-0.25, -0.2) is 4.68 Å². The molecule has 1 aliphatic rings. The second kappa shape index (κ2) is 8.30. The highest BCUT2D eigenvalue weighted by Gasteiger charge is 2.33. The minimum absolute atomic E-state index is 0.0874. The third-order valence-electron chi connectivity index (χ3n) is 5.46. The van der Waals surface area contributed by atoms with E-state index in [2.05, 4.69) is 25.8 Å². The second-order valence-corrected chi connectivity index (χ2v) is 7.89. The van der Waals surface area contributed by atoms with Crippen LogP contribution < -0.4 is 5.32 Å². The molecular weight excluding hydrogens is 422 g/mol. The van der Waals surface area contributed by atoms with Gasteiger partial charge in [-0.15, -0.1) is 5.10 Å². The van der Waals surface area contributed by atoms with Crippen LogP contribution in [0.4, 0.5) is 5.69 Å². The van der Waals surface area contributed by atoms with Crippen molar-refractivity contribution in [3.05, 3.63) is 65.4 Å². The van der Waals surface area contributed by atoms with Crippen LogP contribution in [0.1, 0.15) is 21.6 Å². The second-order valence-electron chi connectivity index (χ2n) is 7.89. The van der Waals surface area contributed by atoms with E-state index in [0.29, 0.717) is 18.9 Å². The molecule has 2 aromatic carbocycles. The van der Waals surface area contributed by atoms with E-state index in [4.69, 9.17) is 4.52 Å². The molecule has 166 valence electrons. The zero-order chi connectivity index (χ0) is 22.9. The van der Waals surface area contributed by atoms with Crippen molar-refractivity contribution in [3.8, 4) is 23.0 Å². The molecule has 2 aromatic heterocycles. The fraction of sp³-hybridized carbons (Fsp3) is 0.217. The van der Waals surface area contributed by atoms with Gasteiger partial charge in [-0.1, -0.05) is 58.4 Å². The SMILES string of the molecule is Cc1ccc(NC(=O)CN2CCn3nnc(-c4nc(-c5ccccc5)no4)c3C2=O)c(C)c1. The zero-order valence-corrected chi connectivity index (χ0v) is 18.1. The first-order valence-electron chi connectivity index (χ1n) is 10.5. The molecule has 0 bridgehead atoms. The zero-order valence-electron chi connectivity index (χ0n) is 18.1. The molecule has 10 nitrogen and oxygen atoms in total. The fourth-order valence-corrected chi connectivity index (χ4v) is 3.78. The topological polar surface area (TPSA) is 119 Å². The molecule has 3 heterocycles. The van der Waals surface area contributed by atoms with Gasteiger partial charge in [0.1, 0.15) is 6.54 Å². The predicted octanol–water partition coefficient (Wildman–Crippen LogP) is 2.71. The maximum Gasteiger partial charge on any atom is 0.281 e. The number of carbonyl (C=O) groups excluding carboxylic acids is 2. The van der Waals surface area contributed by atoms with Crippen LogP contribution in [0.15, 0.2) is 53.1 Å². The Morgan fingerprint density at radius 2 is 1.94 bits per heavy atom. The molecule has 5 rings (SSSR count). The summed E-state index contributed by atoms with van der Waals surface area (Å²) in [6.45, 7) is 4.58. The summed E-state index contributed by atoms with van der Waals surface area (Å²) < 4.78 is 6.87. The van der Waals surface area contributed by atoms with Crippen LogP contribution in [-0.2, 0) is 11.3 Å². The third kappa shape index (κ3) is 3.98. The van der Waals surface area contributed by atoms with Crippen LogP contribution >= 0.6 is 0 Å². The number of carbonyl (C=O) groups is 2. The van der Waals surface area contributed by atoms with E-state index in [9.17, 15) is 9.59 Å². The Labute approximate surface area is 189 Å². The number of benzene rings is 2. The molecule has 0 saturated heterocycles. The average Bonchev–Trinajstić information content (AvgIpc) is 3.46. The number of fused-ring (bicyclic) bond motifs is 1. The number of hydrogen-bond acceptors (Lipinski definition) is 7. The van der Waals surface area contributed by atoms with Gasteiger partial charge in [0, 0.05) is 17.8 Å². The van der Waals surface area contributed by atoms with Gasteiger partial charge in [0.05, 0.1) is 6.54 Å². The largest absolute Gasteiger partial charge is 0.332 e. The summed E-state index contributed by atoms with van der Waals surface area (Å²) in [4.78, 5) is 31.7. The molecule has 1 aliphatic heterocycles. The summed E-state index contributed by atoms with van der Waals surface area (Å²) in [6, 6.07) is 15.1. The molecule has 2 amide bonds. The Hall–Kier alpha value is -4.34. The van der Waals surface area contributed by atoms with Crippen molar-refractivity contribution in [2.75, 3.05) is 18.4 Å². The van der Waals surface area contributed by atoms with E-state index < -0.39 is 0 Å². The molecule has 0 saturated carbocycles. The molecule has 0 unspecified atom stereocenters. The average molecular weight is 443 g/mol. The van der Waals surface area contributed by atoms with E-state index in [-0.39, 0.29) is 35.6 Å². The minimum Gasteiger partial charge on any atom is -0.332 e. The number of nitrogens with zero attached hydrogens (tertiary/aromatic N) is 6. The van der Waals surface area contributed by atoms with Crippen molar-refractivity contribution in [1.82, 2.24) is 30.0 Å². The highest BCUT2D eigenvalue weighted by atomic mass is 16.5. The smallest absolute Gasteiger partial charge is 0.281 e. The van der Waals surface area contributed by atoms with Gasteiger partial charge in [-0.3, -0.25) is 9.59 Å². The maximum absolute atomic E-state index is 13.2. The lowest BCUT2D eigenvalue weighted by atomic mass is 10.1. The van der Waals surface area contributed by atoms with Crippen LogP contribution in [0.25, 0.3) is 23.0 Å². The summed E-state index contributed by atoms with van der Waals surface area (Å²) in [5.41, 5.74) is 4.01. The molecule has 1 N–H and O–H groups in total. The minimum atomic E-state index is -0.364. The third-order valence-corrected chi connectivity index (χ3v) is 5.46. The summed E-state index contributed by atoms with van der Waals surface area (Å²) in [7, 11) is 0. The van der Waals surface area contributed by atoms with Crippen molar-refractivity contribution >= 4 is 17.5 Å². The van der Waals surface area contributed by atoms with Gasteiger partial charge in [0.25, 0.3) is 11.8 Å². The highest BCUT2D eigenvalue weighted by Crippen LogP contribution is 2.26. The van der Waals surface area contributed by atoms with Gasteiger partial charge in [0.2, 0.25) is 11.7 Å². The Bertz CT molecular complexity index is 1340. The van der Waals surface area contributed by atoms with Crippen molar-refractivity contribution in [2.24, 2.45) is 0 Å². The maximum atomic E-state index is 13.2. The van der Waals surface area contributed by atoms with Crippen molar-refractivity contribution < 1.29 is 14.1 Å². The number of amides is 2. The number of nitrogens with one attached hydrogen (secondary N) is 1. The predicted molar refractivity (Wildman–Crippen MR) is 119 cm³/mol. The van der Waals surface area contributed by atoms with Crippen molar-refractivity contribution in [1.29, 1.82) is 0 Å². The number of anilines is 1. The molecule has 0 aliphatic carbocycles. The first-order valence-corrected chi connectivity index (χ1v) is 10.5. The van der Waals surface area contributed by atoms with Crippen LogP contribution in [0.2, 0.25) is 0 Å². The monoisotopic (exact) mass is 443 g/mol. The summed E-state index contributed by atoms with van der Waals surface area (Å²) in [5.74, 6) is -0.149. The molecular formula is C23H21N7O3. The van der Waals surface area contributed by atoms with E-state index in [0.717, 1.165) is 22.4 Å². The standard InChI is InChI=1S/C23H21N7O3/c1-14-8-9-17(15(2)12-14)24-18(31)13-29-10-11-30-20(23(29)32)19(26-28-30)22-25-21(27-33-22)16-6-4-3-5-7-16/h3-9,12H,10-11,13H2,1-2H3,(H,24,31). The number of aryl methyl sites for hydroxylation is 2. The van der Waals surface area contributed by atoms with Crippen molar-refractivity contribution in [2.45, 2.75) is 20.4 Å². The normalized spacial score (nSPS) is 13.2. The molecule has 0 fully saturated rings. The summed E-state index contributed by atoms with van der Waals surface area (Å²) in [5, 5.41) is 15.0. The highest BCUT2D eigenvalue weighted by molar-refractivity contribution is 6.01. The molecule has 33 heavy (non-hydrogen) atoms. The molecule has 10 heteroatoms. The van der Waals surface area contributed by atoms with Gasteiger partial charge in [-0.2, -0.15) is 4.98 Å². The molecule has 4 aromatic rings. The number of rotatable bonds is 5. The van der Waals surface area contributed by atoms with Gasteiger partial charge < -0.3 is 14.7 Å². The Morgan fingerprint density at radius 3 is 2.73 bits per heavy atom. The van der Waals surface area contributed by atoms with Crippen molar-refractivity contribution in [3.63, 3.8) is 0 Å². The van der Waals surface area contributed by atoms with Gasteiger partial charge in [0.15, 0.2) is 11.4 Å². The van der Waals surface area contributed by atoms with E-state index in [1.807, 2.05) is 62.4 Å². The lowest BCUT2D eigenvalue weighted by Gasteiger charge is -2.26. The molecule has 0 atom stereocenters. The van der Waals surface area contributed by atoms with E-state index >= 15 is 0 Å². The van der Waals surface area contributed by atoms with Crippen LogP contribution in [-0.4, -0.2) is 54.9 Å². The lowest BCUT2D eigenvalue weighted by molar-refractivity contribution is -0.117. The van der Waals surface area contributed by atoms with Crippen LogP contribution in [0, 0.1) is 13.8 Å². The molecule has 0 spiro atoms. The van der Waals surface area contributed by atoms with E-state index in [1.165, 1.54) is 9.58 Å². The van der Waals surface area contributed by atoms with E-state index in [1.54, 1.807) is 0 Å². The van der Waals surface area contributed by atoms with Crippen LogP contribution in [0.5, 0.6) is 0 Å². The van der Waals surface area contributed by atoms with Gasteiger partial charge >= 0.3 is 0 Å². The lowest BCUT2D eigenvalue weighted by Crippen LogP contribution is -2.44.